The Bertz CT molecular complexity index is 1340. The number of carbonyl (C=O) groups excluding carboxylic acids is 2. The molecule has 67 heavy (non-hydrogen) atoms. The molecule has 0 saturated heterocycles. The molecule has 1 amide bonds. The lowest BCUT2D eigenvalue weighted by Crippen LogP contribution is -2.47. The van der Waals surface area contributed by atoms with Gasteiger partial charge < -0.3 is 19.4 Å². The van der Waals surface area contributed by atoms with Gasteiger partial charge in [0.25, 0.3) is 0 Å². The minimum atomic E-state index is -4.45. The van der Waals surface area contributed by atoms with Crippen LogP contribution >= 0.6 is 7.82 Å². The van der Waals surface area contributed by atoms with Crippen LogP contribution in [0.3, 0.4) is 0 Å². The number of hydrogen-bond acceptors (Lipinski definition) is 6. The first-order chi connectivity index (χ1) is 32.4. The number of carbonyl (C=O) groups is 2. The number of quaternary nitrogens is 1. The first kappa shape index (κ1) is 64.7. The fourth-order valence-electron chi connectivity index (χ4n) is 7.67. The molecule has 0 aromatic carbocycles. The van der Waals surface area contributed by atoms with E-state index in [9.17, 15) is 19.0 Å². The molecule has 0 aromatic rings. The molecule has 2 N–H and O–H groups in total. The first-order valence-corrected chi connectivity index (χ1v) is 29.1. The van der Waals surface area contributed by atoms with Crippen LogP contribution in [0.25, 0.3) is 0 Å². The highest BCUT2D eigenvalue weighted by molar-refractivity contribution is 7.47. The lowest BCUT2D eigenvalue weighted by molar-refractivity contribution is -0.870. The van der Waals surface area contributed by atoms with Crippen molar-refractivity contribution < 1.29 is 37.3 Å². The maximum absolute atomic E-state index is 13.5. The topological polar surface area (TPSA) is 111 Å². The minimum absolute atomic E-state index is 0.0324. The largest absolute Gasteiger partial charge is 0.472 e. The van der Waals surface area contributed by atoms with Crippen LogP contribution in [0.4, 0.5) is 0 Å². The summed E-state index contributed by atoms with van der Waals surface area (Å²) in [6.07, 6.45) is 57.9. The molecule has 0 radical (unpaired) electrons. The van der Waals surface area contributed by atoms with Crippen molar-refractivity contribution in [1.29, 1.82) is 0 Å². The van der Waals surface area contributed by atoms with Crippen molar-refractivity contribution in [3.63, 3.8) is 0 Å². The van der Waals surface area contributed by atoms with E-state index in [0.717, 1.165) is 89.9 Å². The summed E-state index contributed by atoms with van der Waals surface area (Å²) in [5.74, 6) is -0.547. The van der Waals surface area contributed by atoms with Gasteiger partial charge in [0.15, 0.2) is 0 Å². The second kappa shape index (κ2) is 47.4. The van der Waals surface area contributed by atoms with Crippen molar-refractivity contribution in [3.05, 3.63) is 60.8 Å². The molecule has 0 aliphatic carbocycles. The Balaban J connectivity index is 5.41. The smallest absolute Gasteiger partial charge is 0.456 e. The van der Waals surface area contributed by atoms with Crippen LogP contribution < -0.4 is 5.32 Å². The number of unbranched alkanes of at least 4 members (excludes halogenated alkanes) is 26. The maximum atomic E-state index is 13.5. The van der Waals surface area contributed by atoms with Gasteiger partial charge in [-0.05, 0) is 83.1 Å². The maximum Gasteiger partial charge on any atom is 0.472 e. The molecule has 0 bridgehead atoms. The summed E-state index contributed by atoms with van der Waals surface area (Å²) in [4.78, 5) is 37.5. The van der Waals surface area contributed by atoms with E-state index in [4.69, 9.17) is 13.8 Å². The van der Waals surface area contributed by atoms with Crippen molar-refractivity contribution in [2.24, 2.45) is 0 Å². The molecule has 0 aromatic heterocycles. The molecule has 0 rings (SSSR count). The zero-order chi connectivity index (χ0) is 49.4. The van der Waals surface area contributed by atoms with Crippen LogP contribution in [0, 0.1) is 0 Å². The Kier molecular flexibility index (Phi) is 45.8. The van der Waals surface area contributed by atoms with Gasteiger partial charge >= 0.3 is 13.8 Å². The third-order valence-corrected chi connectivity index (χ3v) is 13.0. The van der Waals surface area contributed by atoms with E-state index in [1.165, 1.54) is 109 Å². The fraction of sp³-hybridized carbons (Fsp3) is 0.789. The van der Waals surface area contributed by atoms with Crippen LogP contribution in [-0.2, 0) is 27.9 Å². The van der Waals surface area contributed by atoms with Gasteiger partial charge in [-0.3, -0.25) is 18.6 Å². The Morgan fingerprint density at radius 1 is 0.552 bits per heavy atom. The van der Waals surface area contributed by atoms with Crippen molar-refractivity contribution in [2.45, 2.75) is 251 Å². The zero-order valence-corrected chi connectivity index (χ0v) is 45.3. The van der Waals surface area contributed by atoms with E-state index >= 15 is 0 Å². The van der Waals surface area contributed by atoms with Crippen LogP contribution in [0.2, 0.25) is 0 Å². The first-order valence-electron chi connectivity index (χ1n) is 27.6. The van der Waals surface area contributed by atoms with E-state index in [-0.39, 0.29) is 31.5 Å². The number of hydrogen-bond donors (Lipinski definition) is 2. The van der Waals surface area contributed by atoms with Crippen LogP contribution in [-0.4, -0.2) is 74.3 Å². The van der Waals surface area contributed by atoms with E-state index in [0.29, 0.717) is 23.9 Å². The third-order valence-electron chi connectivity index (χ3n) is 12.0. The number of nitrogens with zero attached hydrogens (tertiary/aromatic N) is 1. The summed E-state index contributed by atoms with van der Waals surface area (Å²) in [7, 11) is 1.47. The number of likely N-dealkylation sites (N-methyl/N-ethyl adjacent to an activating group) is 1. The fourth-order valence-corrected chi connectivity index (χ4v) is 8.41. The minimum Gasteiger partial charge on any atom is -0.456 e. The number of amides is 1. The number of nitrogens with one attached hydrogen (secondary N) is 1. The lowest BCUT2D eigenvalue weighted by atomic mass is 10.1. The number of allylic oxidation sites excluding steroid dienone is 9. The molecule has 9 nitrogen and oxygen atoms in total. The van der Waals surface area contributed by atoms with E-state index in [2.05, 4.69) is 74.7 Å². The highest BCUT2D eigenvalue weighted by Crippen LogP contribution is 2.43. The predicted molar refractivity (Wildman–Crippen MR) is 286 cm³/mol. The van der Waals surface area contributed by atoms with Crippen molar-refractivity contribution in [2.75, 3.05) is 40.9 Å². The summed E-state index contributed by atoms with van der Waals surface area (Å²) >= 11 is 0. The normalized spacial score (nSPS) is 14.3. The Labute approximate surface area is 413 Å². The quantitative estimate of drug-likeness (QED) is 0.0156. The van der Waals surface area contributed by atoms with Gasteiger partial charge in [-0.2, -0.15) is 0 Å². The van der Waals surface area contributed by atoms with Gasteiger partial charge in [0.1, 0.15) is 19.3 Å². The summed E-state index contributed by atoms with van der Waals surface area (Å²) < 4.78 is 30.5. The average molecular weight is 962 g/mol. The second-order valence-corrected chi connectivity index (χ2v) is 21.2. The SMILES string of the molecule is CC/C=C/C/C=C/CCCCCCCCCC(=O)OC(/C=C/CCCCCCCCCCC)C(COP(=O)(O)OCC[N+](C)(C)C)NC(=O)CCCCC/C=C/C=C/CCCCCCCCC. The van der Waals surface area contributed by atoms with E-state index < -0.39 is 20.0 Å². The number of rotatable bonds is 49. The van der Waals surface area contributed by atoms with Crippen molar-refractivity contribution in [1.82, 2.24) is 5.32 Å². The molecular weight excluding hydrogens is 856 g/mol. The molecule has 0 heterocycles. The standard InChI is InChI=1S/C57H105N2O7P/c1-7-10-13-16-19-22-25-27-29-30-31-34-37-40-43-46-49-56(60)58-54(53-65-67(62,63)64-52-51-59(4,5)6)55(48-45-42-39-36-33-24-21-18-15-12-9-3)66-57(61)50-47-44-41-38-35-32-28-26-23-20-17-14-11-8-2/h11,14,20,23,29-31,34,45,48,54-55H,7-10,12-13,15-19,21-22,24-28,32-33,35-44,46-47,49-53H2,1-6H3,(H-,58,60,62,63)/p+1/b14-11+,23-20+,30-29+,34-31+,48-45+. The number of esters is 1. The summed E-state index contributed by atoms with van der Waals surface area (Å²) in [6, 6.07) is -0.864. The molecule has 0 aliphatic heterocycles. The summed E-state index contributed by atoms with van der Waals surface area (Å²) in [6.45, 7) is 6.86. The Morgan fingerprint density at radius 2 is 1.00 bits per heavy atom. The third kappa shape index (κ3) is 48.5. The highest BCUT2D eigenvalue weighted by Gasteiger charge is 2.30. The number of ether oxygens (including phenoxy) is 1. The predicted octanol–water partition coefficient (Wildman–Crippen LogP) is 16.3. The Morgan fingerprint density at radius 3 is 1.52 bits per heavy atom. The van der Waals surface area contributed by atoms with Crippen LogP contribution in [0.5, 0.6) is 0 Å². The van der Waals surface area contributed by atoms with Crippen LogP contribution in [0.1, 0.15) is 239 Å². The zero-order valence-electron chi connectivity index (χ0n) is 44.4. The Hall–Kier alpha value is -2.29. The molecule has 0 fully saturated rings. The number of phosphoric ester groups is 1. The van der Waals surface area contributed by atoms with Gasteiger partial charge in [0, 0.05) is 12.8 Å². The summed E-state index contributed by atoms with van der Waals surface area (Å²) in [5, 5.41) is 3.02. The van der Waals surface area contributed by atoms with E-state index in [1.807, 2.05) is 33.3 Å². The molecule has 10 heteroatoms. The summed E-state index contributed by atoms with van der Waals surface area (Å²) in [5.41, 5.74) is 0. The highest BCUT2D eigenvalue weighted by atomic mass is 31.2. The van der Waals surface area contributed by atoms with Gasteiger partial charge in [-0.15, -0.1) is 0 Å². The molecule has 3 atom stereocenters. The average Bonchev–Trinajstić information content (AvgIpc) is 3.28. The molecular formula is C57H106N2O7P+. The van der Waals surface area contributed by atoms with E-state index in [1.54, 1.807) is 0 Å². The molecule has 0 spiro atoms. The van der Waals surface area contributed by atoms with Crippen molar-refractivity contribution in [3.8, 4) is 0 Å². The molecule has 390 valence electrons. The van der Waals surface area contributed by atoms with Gasteiger partial charge in [0.05, 0.1) is 33.8 Å². The van der Waals surface area contributed by atoms with Gasteiger partial charge in [-0.1, -0.05) is 204 Å². The lowest BCUT2D eigenvalue weighted by Gasteiger charge is -2.27. The number of phosphoric acid groups is 1. The molecule has 0 saturated carbocycles. The molecule has 0 aliphatic rings. The molecule has 3 unspecified atom stereocenters. The van der Waals surface area contributed by atoms with Crippen molar-refractivity contribution >= 4 is 19.7 Å². The van der Waals surface area contributed by atoms with Crippen LogP contribution in [0.15, 0.2) is 60.8 Å². The second-order valence-electron chi connectivity index (χ2n) is 19.8. The monoisotopic (exact) mass is 962 g/mol. The van der Waals surface area contributed by atoms with Gasteiger partial charge in [-0.25, -0.2) is 4.57 Å². The van der Waals surface area contributed by atoms with Gasteiger partial charge in [0.2, 0.25) is 5.91 Å².